The summed E-state index contributed by atoms with van der Waals surface area (Å²) in [5, 5.41) is 5.55. The summed E-state index contributed by atoms with van der Waals surface area (Å²) >= 11 is 0. The van der Waals surface area contributed by atoms with Crippen LogP contribution in [0.15, 0.2) is 24.3 Å². The molecule has 0 saturated carbocycles. The van der Waals surface area contributed by atoms with Crippen molar-refractivity contribution >= 4 is 17.5 Å². The topological polar surface area (TPSA) is 70.7 Å². The Hall–Kier alpha value is -2.08. The Labute approximate surface area is 143 Å². The molecule has 24 heavy (non-hydrogen) atoms. The van der Waals surface area contributed by atoms with Gasteiger partial charge in [-0.3, -0.25) is 9.59 Å². The number of carbonyl (C=O) groups excluding carboxylic acids is 2. The van der Waals surface area contributed by atoms with Crippen LogP contribution < -0.4 is 15.5 Å². The van der Waals surface area contributed by atoms with Crippen LogP contribution >= 0.6 is 0 Å². The molecule has 0 spiro atoms. The first-order valence-corrected chi connectivity index (χ1v) is 8.56. The number of amides is 2. The molecular formula is C18H27N3O3. The van der Waals surface area contributed by atoms with E-state index in [2.05, 4.69) is 21.6 Å². The molecule has 1 aromatic rings. The smallest absolute Gasteiger partial charge is 0.239 e. The van der Waals surface area contributed by atoms with E-state index in [4.69, 9.17) is 4.74 Å². The predicted molar refractivity (Wildman–Crippen MR) is 93.8 cm³/mol. The van der Waals surface area contributed by atoms with Crippen molar-refractivity contribution in [3.63, 3.8) is 0 Å². The minimum atomic E-state index is -0.177. The van der Waals surface area contributed by atoms with Crippen LogP contribution in [0, 0.1) is 5.92 Å². The zero-order valence-electron chi connectivity index (χ0n) is 14.5. The normalized spacial score (nSPS) is 15.7. The van der Waals surface area contributed by atoms with Crippen LogP contribution in [0.3, 0.4) is 0 Å². The van der Waals surface area contributed by atoms with E-state index >= 15 is 0 Å². The van der Waals surface area contributed by atoms with E-state index in [0.29, 0.717) is 6.54 Å². The van der Waals surface area contributed by atoms with Crippen LogP contribution in [-0.2, 0) is 20.9 Å². The standard InChI is InChI=1S/C18H27N3O3/c1-3-14(2)18(23)20-13-17(22)19-12-15-6-4-5-7-16(15)21-8-10-24-11-9-21/h4-7,14H,3,8-13H2,1-2H3,(H,19,22)(H,20,23). The van der Waals surface area contributed by atoms with E-state index in [-0.39, 0.29) is 24.3 Å². The lowest BCUT2D eigenvalue weighted by molar-refractivity contribution is -0.128. The quantitative estimate of drug-likeness (QED) is 0.789. The second kappa shape index (κ2) is 9.27. The number of para-hydroxylation sites is 1. The summed E-state index contributed by atoms with van der Waals surface area (Å²) in [6.45, 7) is 7.43. The predicted octanol–water partition coefficient (Wildman–Crippen LogP) is 1.30. The van der Waals surface area contributed by atoms with Crippen molar-refractivity contribution in [1.29, 1.82) is 0 Å². The lowest BCUT2D eigenvalue weighted by Gasteiger charge is -2.30. The molecule has 0 radical (unpaired) electrons. The molecule has 1 unspecified atom stereocenters. The van der Waals surface area contributed by atoms with Crippen LogP contribution in [-0.4, -0.2) is 44.7 Å². The van der Waals surface area contributed by atoms with Crippen molar-refractivity contribution in [2.75, 3.05) is 37.7 Å². The van der Waals surface area contributed by atoms with Gasteiger partial charge in [0.2, 0.25) is 11.8 Å². The Morgan fingerprint density at radius 2 is 1.92 bits per heavy atom. The van der Waals surface area contributed by atoms with Crippen LogP contribution in [0.4, 0.5) is 5.69 Å². The van der Waals surface area contributed by atoms with Crippen molar-refractivity contribution in [1.82, 2.24) is 10.6 Å². The van der Waals surface area contributed by atoms with E-state index in [9.17, 15) is 9.59 Å². The third kappa shape index (κ3) is 5.23. The molecule has 1 atom stereocenters. The molecular weight excluding hydrogens is 306 g/mol. The molecule has 1 fully saturated rings. The zero-order valence-corrected chi connectivity index (χ0v) is 14.5. The van der Waals surface area contributed by atoms with Gasteiger partial charge >= 0.3 is 0 Å². The highest BCUT2D eigenvalue weighted by atomic mass is 16.5. The van der Waals surface area contributed by atoms with Crippen molar-refractivity contribution < 1.29 is 14.3 Å². The lowest BCUT2D eigenvalue weighted by atomic mass is 10.1. The number of nitrogens with one attached hydrogen (secondary N) is 2. The van der Waals surface area contributed by atoms with E-state index < -0.39 is 0 Å². The Morgan fingerprint density at radius 1 is 1.21 bits per heavy atom. The number of anilines is 1. The van der Waals surface area contributed by atoms with E-state index in [1.54, 1.807) is 0 Å². The summed E-state index contributed by atoms with van der Waals surface area (Å²) in [6.07, 6.45) is 0.764. The monoisotopic (exact) mass is 333 g/mol. The number of nitrogens with zero attached hydrogens (tertiary/aromatic N) is 1. The van der Waals surface area contributed by atoms with Crippen LogP contribution in [0.5, 0.6) is 0 Å². The Kier molecular flexibility index (Phi) is 7.06. The van der Waals surface area contributed by atoms with Crippen LogP contribution in [0.1, 0.15) is 25.8 Å². The molecule has 0 aromatic heterocycles. The summed E-state index contributed by atoms with van der Waals surface area (Å²) in [5.41, 5.74) is 2.20. The molecule has 1 saturated heterocycles. The number of rotatable bonds is 7. The van der Waals surface area contributed by atoms with Crippen molar-refractivity contribution in [3.05, 3.63) is 29.8 Å². The fourth-order valence-corrected chi connectivity index (χ4v) is 2.56. The van der Waals surface area contributed by atoms with Crippen molar-refractivity contribution in [2.45, 2.75) is 26.8 Å². The van der Waals surface area contributed by atoms with Gasteiger partial charge < -0.3 is 20.3 Å². The number of morpholine rings is 1. The second-order valence-corrected chi connectivity index (χ2v) is 6.03. The SMILES string of the molecule is CCC(C)C(=O)NCC(=O)NCc1ccccc1N1CCOCC1. The van der Waals surface area contributed by atoms with E-state index in [1.165, 1.54) is 0 Å². The van der Waals surface area contributed by atoms with Gasteiger partial charge in [-0.2, -0.15) is 0 Å². The zero-order chi connectivity index (χ0) is 17.4. The minimum absolute atomic E-state index is 0.0168. The van der Waals surface area contributed by atoms with Gasteiger partial charge in [0.05, 0.1) is 19.8 Å². The molecule has 0 bridgehead atoms. The molecule has 0 aliphatic carbocycles. The number of ether oxygens (including phenoxy) is 1. The first kappa shape index (κ1) is 18.3. The molecule has 132 valence electrons. The van der Waals surface area contributed by atoms with E-state index in [1.807, 2.05) is 32.0 Å². The average Bonchev–Trinajstić information content (AvgIpc) is 2.64. The molecule has 2 N–H and O–H groups in total. The number of carbonyl (C=O) groups is 2. The average molecular weight is 333 g/mol. The summed E-state index contributed by atoms with van der Waals surface area (Å²) < 4.78 is 5.39. The van der Waals surface area contributed by atoms with E-state index in [0.717, 1.165) is 44.0 Å². The highest BCUT2D eigenvalue weighted by molar-refractivity contribution is 5.85. The highest BCUT2D eigenvalue weighted by Gasteiger charge is 2.15. The van der Waals surface area contributed by atoms with Gasteiger partial charge in [0.25, 0.3) is 0 Å². The molecule has 1 heterocycles. The summed E-state index contributed by atoms with van der Waals surface area (Å²) in [7, 11) is 0. The Bertz CT molecular complexity index is 556. The van der Waals surface area contributed by atoms with Gasteiger partial charge in [-0.05, 0) is 18.1 Å². The van der Waals surface area contributed by atoms with Gasteiger partial charge in [0, 0.05) is 31.2 Å². The second-order valence-electron chi connectivity index (χ2n) is 6.03. The fraction of sp³-hybridized carbons (Fsp3) is 0.556. The van der Waals surface area contributed by atoms with Crippen molar-refractivity contribution in [3.8, 4) is 0 Å². The number of benzene rings is 1. The molecule has 1 aromatic carbocycles. The Morgan fingerprint density at radius 3 is 2.62 bits per heavy atom. The van der Waals surface area contributed by atoms with Gasteiger partial charge in [0.1, 0.15) is 0 Å². The maximum atomic E-state index is 12.0. The fourth-order valence-electron chi connectivity index (χ4n) is 2.56. The summed E-state index contributed by atoms with van der Waals surface area (Å²) in [4.78, 5) is 25.9. The molecule has 6 heteroatoms. The lowest BCUT2D eigenvalue weighted by Crippen LogP contribution is -2.39. The Balaban J connectivity index is 1.85. The highest BCUT2D eigenvalue weighted by Crippen LogP contribution is 2.21. The third-order valence-electron chi connectivity index (χ3n) is 4.30. The molecule has 2 amide bonds. The molecule has 6 nitrogen and oxygen atoms in total. The van der Waals surface area contributed by atoms with Gasteiger partial charge in [-0.15, -0.1) is 0 Å². The number of hydrogen-bond donors (Lipinski definition) is 2. The summed E-state index contributed by atoms with van der Waals surface area (Å²) in [5.74, 6) is -0.329. The minimum Gasteiger partial charge on any atom is -0.378 e. The van der Waals surface area contributed by atoms with Crippen LogP contribution in [0.2, 0.25) is 0 Å². The van der Waals surface area contributed by atoms with Crippen molar-refractivity contribution in [2.24, 2.45) is 5.92 Å². The third-order valence-corrected chi connectivity index (χ3v) is 4.30. The largest absolute Gasteiger partial charge is 0.378 e. The maximum absolute atomic E-state index is 12.0. The maximum Gasteiger partial charge on any atom is 0.239 e. The van der Waals surface area contributed by atoms with Gasteiger partial charge in [0.15, 0.2) is 0 Å². The van der Waals surface area contributed by atoms with Gasteiger partial charge in [-0.1, -0.05) is 32.0 Å². The first-order valence-electron chi connectivity index (χ1n) is 8.56. The van der Waals surface area contributed by atoms with Gasteiger partial charge in [-0.25, -0.2) is 0 Å². The summed E-state index contributed by atoms with van der Waals surface area (Å²) in [6, 6.07) is 8.05. The first-order chi connectivity index (χ1) is 11.6. The molecule has 1 aliphatic rings. The van der Waals surface area contributed by atoms with Crippen LogP contribution in [0.25, 0.3) is 0 Å². The molecule has 2 rings (SSSR count). The molecule has 1 aliphatic heterocycles. The number of hydrogen-bond acceptors (Lipinski definition) is 4.